The van der Waals surface area contributed by atoms with Crippen molar-refractivity contribution in [2.24, 2.45) is 0 Å². The van der Waals surface area contributed by atoms with Crippen molar-refractivity contribution >= 4 is 35.3 Å². The van der Waals surface area contributed by atoms with Crippen LogP contribution >= 0.6 is 0 Å². The third kappa shape index (κ3) is 8.02. The van der Waals surface area contributed by atoms with Crippen LogP contribution < -0.4 is 25.8 Å². The number of nitrogens with zero attached hydrogens (tertiary/aromatic N) is 6. The van der Waals surface area contributed by atoms with Crippen molar-refractivity contribution in [3.63, 3.8) is 0 Å². The van der Waals surface area contributed by atoms with Crippen LogP contribution in [0.25, 0.3) is 0 Å². The summed E-state index contributed by atoms with van der Waals surface area (Å²) in [6, 6.07) is 21.3. The first-order chi connectivity index (χ1) is 30.1. The van der Waals surface area contributed by atoms with Gasteiger partial charge in [0.15, 0.2) is 0 Å². The molecule has 2 unspecified atom stereocenters. The van der Waals surface area contributed by atoms with Gasteiger partial charge in [-0.3, -0.25) is 19.4 Å². The van der Waals surface area contributed by atoms with Crippen molar-refractivity contribution in [2.45, 2.75) is 24.4 Å². The normalized spacial score (nSPS) is 18.9. The van der Waals surface area contributed by atoms with Crippen LogP contribution in [0.5, 0.6) is 0 Å². The molecule has 0 spiro atoms. The van der Waals surface area contributed by atoms with Crippen LogP contribution in [0, 0.1) is 22.7 Å². The average molecular weight is 866 g/mol. The third-order valence-corrected chi connectivity index (χ3v) is 11.1. The predicted octanol–water partition coefficient (Wildman–Crippen LogP) is 6.49. The molecule has 0 saturated heterocycles. The summed E-state index contributed by atoms with van der Waals surface area (Å²) < 4.78 is 82.3. The highest BCUT2D eigenvalue weighted by Crippen LogP contribution is 2.42. The summed E-state index contributed by atoms with van der Waals surface area (Å²) >= 11 is 0. The first-order valence-corrected chi connectivity index (χ1v) is 19.4. The number of anilines is 2. The predicted molar refractivity (Wildman–Crippen MR) is 213 cm³/mol. The van der Waals surface area contributed by atoms with E-state index >= 15 is 0 Å². The van der Waals surface area contributed by atoms with Crippen LogP contribution in [0.4, 0.5) is 47.3 Å². The lowest BCUT2D eigenvalue weighted by molar-refractivity contribution is -0.138. The summed E-state index contributed by atoms with van der Waals surface area (Å²) in [5.41, 5.74) is 0.0913. The van der Waals surface area contributed by atoms with Gasteiger partial charge in [0.2, 0.25) is 0 Å². The van der Waals surface area contributed by atoms with Gasteiger partial charge in [0.05, 0.1) is 93.5 Å². The summed E-state index contributed by atoms with van der Waals surface area (Å²) in [5.74, 6) is -0.962. The van der Waals surface area contributed by atoms with Crippen LogP contribution in [0.3, 0.4) is 0 Å². The average Bonchev–Trinajstić information content (AvgIpc) is 3.77. The molecule has 4 aliphatic heterocycles. The fourth-order valence-electron chi connectivity index (χ4n) is 8.09. The maximum Gasteiger partial charge on any atom is 0.416 e. The number of rotatable bonds is 10. The highest BCUT2D eigenvalue weighted by molar-refractivity contribution is 6.08. The smallest absolute Gasteiger partial charge is 0.332 e. The molecule has 0 fully saturated rings. The maximum absolute atomic E-state index is 14.1. The highest BCUT2D eigenvalue weighted by atomic mass is 19.4. The van der Waals surface area contributed by atoms with E-state index in [0.717, 1.165) is 46.2 Å². The molecule has 0 aromatic heterocycles. The number of halogens is 6. The van der Waals surface area contributed by atoms with E-state index in [9.17, 15) is 56.0 Å². The summed E-state index contributed by atoms with van der Waals surface area (Å²) in [4.78, 5) is 60.5. The minimum atomic E-state index is -4.70. The number of hydrogen-bond donors (Lipinski definition) is 3. The molecule has 13 nitrogen and oxygen atoms in total. The molecule has 2 atom stereocenters. The Morgan fingerprint density at radius 3 is 1.32 bits per heavy atom. The van der Waals surface area contributed by atoms with Gasteiger partial charge in [-0.1, -0.05) is 36.4 Å². The number of carbonyl (C=O) groups is 4. The number of hydrogen-bond acceptors (Lipinski definition) is 7. The molecule has 4 aromatic rings. The van der Waals surface area contributed by atoms with Gasteiger partial charge in [-0.05, 0) is 71.8 Å². The number of alkyl halides is 6. The Balaban J connectivity index is 0.984. The zero-order valence-corrected chi connectivity index (χ0v) is 32.7. The minimum Gasteiger partial charge on any atom is -0.332 e. The van der Waals surface area contributed by atoms with Gasteiger partial charge in [-0.2, -0.15) is 36.9 Å². The largest absolute Gasteiger partial charge is 0.416 e. The molecule has 4 aliphatic rings. The number of urea groups is 2. The van der Waals surface area contributed by atoms with E-state index in [0.29, 0.717) is 22.3 Å². The summed E-state index contributed by atoms with van der Waals surface area (Å²) in [6.07, 6.45) is -9.41. The molecule has 0 saturated carbocycles. The van der Waals surface area contributed by atoms with Crippen molar-refractivity contribution in [3.8, 4) is 12.1 Å². The van der Waals surface area contributed by atoms with Crippen LogP contribution in [0.15, 0.2) is 120 Å². The quantitative estimate of drug-likeness (QED) is 0.121. The topological polar surface area (TPSA) is 165 Å². The van der Waals surface area contributed by atoms with Crippen molar-refractivity contribution in [2.75, 3.05) is 49.1 Å². The Labute approximate surface area is 355 Å². The Kier molecular flexibility index (Phi) is 10.9. The summed E-state index contributed by atoms with van der Waals surface area (Å²) in [5, 5.41) is 27.3. The van der Waals surface area contributed by atoms with Gasteiger partial charge in [0.1, 0.15) is 0 Å². The SMILES string of the molecule is N#Cc1ccc(C2NC(=O)N(c3cccc(C(F)(F)F)c3)C3=C2C(=O)N(CCNCCN2CC4=C(C2=O)C(c2ccc(C#N)cc2)NC(=O)N4c2cccc(C(F)(F)F)c2)C3)cc1. The number of benzene rings is 4. The van der Waals surface area contributed by atoms with Gasteiger partial charge in [-0.25, -0.2) is 9.59 Å². The fourth-order valence-corrected chi connectivity index (χ4v) is 8.09. The van der Waals surface area contributed by atoms with E-state index in [2.05, 4.69) is 16.0 Å². The number of amides is 6. The van der Waals surface area contributed by atoms with Gasteiger partial charge in [0, 0.05) is 26.2 Å². The molecule has 63 heavy (non-hydrogen) atoms. The molecular weight excluding hydrogens is 833 g/mol. The van der Waals surface area contributed by atoms with E-state index in [1.54, 1.807) is 24.3 Å². The molecule has 0 aliphatic carbocycles. The minimum absolute atomic E-state index is 0.0712. The Hall–Kier alpha value is -7.64. The van der Waals surface area contributed by atoms with Crippen molar-refractivity contribution < 1.29 is 45.5 Å². The molecule has 19 heteroatoms. The molecule has 6 amide bonds. The summed E-state index contributed by atoms with van der Waals surface area (Å²) in [7, 11) is 0. The van der Waals surface area contributed by atoms with Crippen LogP contribution in [-0.4, -0.2) is 72.9 Å². The zero-order chi connectivity index (χ0) is 44.8. The van der Waals surface area contributed by atoms with Crippen LogP contribution in [-0.2, 0) is 21.9 Å². The molecule has 4 aromatic carbocycles. The molecular formula is C44H33F6N9O4. The summed E-state index contributed by atoms with van der Waals surface area (Å²) in [6.45, 7) is 0.216. The second-order valence-electron chi connectivity index (χ2n) is 14.9. The Bertz CT molecular complexity index is 2500. The van der Waals surface area contributed by atoms with Crippen molar-refractivity contribution in [1.29, 1.82) is 10.5 Å². The standard InChI is InChI=1S/C44H33F6N9O4/c45-43(46,47)29-3-1-5-31(19-29)58-33-23-56(39(60)35(33)37(54-41(58)62)27-11-7-25(21-51)8-12-27)17-15-53-16-18-57-24-34-36(40(57)61)38(28-13-9-26(22-52)10-14-28)55-42(63)59(34)32-6-2-4-30(20-32)44(48,49)50/h1-14,19-20,37-38,53H,15-18,23-24H2,(H,54,62)(H,55,63). The monoisotopic (exact) mass is 865 g/mol. The first-order valence-electron chi connectivity index (χ1n) is 19.4. The molecule has 0 radical (unpaired) electrons. The zero-order valence-electron chi connectivity index (χ0n) is 32.7. The molecule has 0 bridgehead atoms. The van der Waals surface area contributed by atoms with Gasteiger partial charge in [-0.15, -0.1) is 0 Å². The maximum atomic E-state index is 14.1. The molecule has 8 rings (SSSR count). The Morgan fingerprint density at radius 1 is 0.587 bits per heavy atom. The van der Waals surface area contributed by atoms with Gasteiger partial charge >= 0.3 is 24.4 Å². The van der Waals surface area contributed by atoms with Crippen molar-refractivity contribution in [3.05, 3.63) is 153 Å². The lowest BCUT2D eigenvalue weighted by atomic mass is 9.94. The third-order valence-electron chi connectivity index (χ3n) is 11.1. The van der Waals surface area contributed by atoms with Crippen LogP contribution in [0.2, 0.25) is 0 Å². The fraction of sp³-hybridized carbons (Fsp3) is 0.227. The molecule has 3 N–H and O–H groups in total. The lowest BCUT2D eigenvalue weighted by Gasteiger charge is -2.34. The van der Waals surface area contributed by atoms with Gasteiger partial charge in [0.25, 0.3) is 11.8 Å². The highest BCUT2D eigenvalue weighted by Gasteiger charge is 2.47. The second-order valence-corrected chi connectivity index (χ2v) is 14.9. The number of carbonyl (C=O) groups excluding carboxylic acids is 4. The first kappa shape index (κ1) is 42.1. The van der Waals surface area contributed by atoms with Crippen molar-refractivity contribution in [1.82, 2.24) is 25.8 Å². The molecule has 4 heterocycles. The Morgan fingerprint density at radius 2 is 0.968 bits per heavy atom. The molecule has 320 valence electrons. The van der Waals surface area contributed by atoms with E-state index in [-0.39, 0.29) is 73.2 Å². The lowest BCUT2D eigenvalue weighted by Crippen LogP contribution is -2.47. The number of nitriles is 2. The van der Waals surface area contributed by atoms with Gasteiger partial charge < -0.3 is 25.8 Å². The second kappa shape index (κ2) is 16.3. The van der Waals surface area contributed by atoms with Crippen LogP contribution in [0.1, 0.15) is 45.5 Å². The van der Waals surface area contributed by atoms with E-state index in [1.807, 2.05) is 12.1 Å². The van der Waals surface area contributed by atoms with E-state index < -0.39 is 59.4 Å². The van der Waals surface area contributed by atoms with E-state index in [4.69, 9.17) is 0 Å². The number of nitrogens with one attached hydrogen (secondary N) is 3. The van der Waals surface area contributed by atoms with E-state index in [1.165, 1.54) is 46.2 Å².